The number of nitrogens with one attached hydrogen (secondary N) is 1. The van der Waals surface area contributed by atoms with Crippen LogP contribution in [0.3, 0.4) is 0 Å². The predicted molar refractivity (Wildman–Crippen MR) is 74.1 cm³/mol. The minimum absolute atomic E-state index is 0.140. The molecule has 0 saturated carbocycles. The SMILES string of the molecule is COc1nc(N)nc(NCC(C)c2ccccc2)n1. The number of nitrogen functional groups attached to an aromatic ring is 1. The van der Waals surface area contributed by atoms with E-state index >= 15 is 0 Å². The molecule has 1 atom stereocenters. The summed E-state index contributed by atoms with van der Waals surface area (Å²) in [5, 5.41) is 3.14. The Morgan fingerprint density at radius 3 is 2.63 bits per heavy atom. The van der Waals surface area contributed by atoms with E-state index < -0.39 is 0 Å². The van der Waals surface area contributed by atoms with Crippen molar-refractivity contribution in [3.63, 3.8) is 0 Å². The average Bonchev–Trinajstić information content (AvgIpc) is 2.45. The smallest absolute Gasteiger partial charge is 0.322 e. The molecule has 1 heterocycles. The number of ether oxygens (including phenoxy) is 1. The van der Waals surface area contributed by atoms with Crippen molar-refractivity contribution in [1.29, 1.82) is 0 Å². The number of methoxy groups -OCH3 is 1. The lowest BCUT2D eigenvalue weighted by Crippen LogP contribution is -2.13. The number of nitrogens with zero attached hydrogens (tertiary/aromatic N) is 3. The minimum atomic E-state index is 0.140. The lowest BCUT2D eigenvalue weighted by Gasteiger charge is -2.13. The van der Waals surface area contributed by atoms with Crippen LogP contribution in [0.15, 0.2) is 30.3 Å². The van der Waals surface area contributed by atoms with Crippen LogP contribution in [0.5, 0.6) is 6.01 Å². The summed E-state index contributed by atoms with van der Waals surface area (Å²) >= 11 is 0. The molecule has 0 saturated heterocycles. The summed E-state index contributed by atoms with van der Waals surface area (Å²) in [6, 6.07) is 10.4. The van der Waals surface area contributed by atoms with Crippen LogP contribution >= 0.6 is 0 Å². The van der Waals surface area contributed by atoms with E-state index in [9.17, 15) is 0 Å². The lowest BCUT2D eigenvalue weighted by molar-refractivity contribution is 0.379. The third kappa shape index (κ3) is 3.54. The summed E-state index contributed by atoms with van der Waals surface area (Å²) in [5.74, 6) is 0.902. The average molecular weight is 259 g/mol. The Balaban J connectivity index is 2.01. The molecule has 1 aromatic heterocycles. The van der Waals surface area contributed by atoms with Gasteiger partial charge in [-0.3, -0.25) is 0 Å². The molecule has 0 aliphatic heterocycles. The van der Waals surface area contributed by atoms with Crippen LogP contribution < -0.4 is 15.8 Å². The van der Waals surface area contributed by atoms with Crippen molar-refractivity contribution in [2.75, 3.05) is 24.7 Å². The molecule has 19 heavy (non-hydrogen) atoms. The standard InChI is InChI=1S/C13H17N5O/c1-9(10-6-4-3-5-7-10)8-15-12-16-11(14)17-13(18-12)19-2/h3-7,9H,8H2,1-2H3,(H3,14,15,16,17,18). The number of nitrogens with two attached hydrogens (primary N) is 1. The Morgan fingerprint density at radius 1 is 1.21 bits per heavy atom. The maximum atomic E-state index is 5.57. The predicted octanol–water partition coefficient (Wildman–Crippen LogP) is 1.68. The first-order valence-corrected chi connectivity index (χ1v) is 6.03. The van der Waals surface area contributed by atoms with Gasteiger partial charge in [0.15, 0.2) is 0 Å². The van der Waals surface area contributed by atoms with Gasteiger partial charge in [0.1, 0.15) is 0 Å². The monoisotopic (exact) mass is 259 g/mol. The zero-order chi connectivity index (χ0) is 13.7. The van der Waals surface area contributed by atoms with Crippen molar-refractivity contribution in [2.45, 2.75) is 12.8 Å². The zero-order valence-corrected chi connectivity index (χ0v) is 11.0. The lowest BCUT2D eigenvalue weighted by atomic mass is 10.0. The third-order valence-corrected chi connectivity index (χ3v) is 2.75. The van der Waals surface area contributed by atoms with E-state index in [1.165, 1.54) is 12.7 Å². The Hall–Kier alpha value is -2.37. The van der Waals surface area contributed by atoms with Gasteiger partial charge in [-0.25, -0.2) is 0 Å². The van der Waals surface area contributed by atoms with Crippen molar-refractivity contribution >= 4 is 11.9 Å². The molecule has 3 N–H and O–H groups in total. The van der Waals surface area contributed by atoms with Gasteiger partial charge >= 0.3 is 6.01 Å². The van der Waals surface area contributed by atoms with Gasteiger partial charge in [0.25, 0.3) is 0 Å². The van der Waals surface area contributed by atoms with Crippen LogP contribution in [0, 0.1) is 0 Å². The maximum absolute atomic E-state index is 5.57. The van der Waals surface area contributed by atoms with Gasteiger partial charge in [-0.15, -0.1) is 0 Å². The summed E-state index contributed by atoms with van der Waals surface area (Å²) in [7, 11) is 1.49. The zero-order valence-electron chi connectivity index (χ0n) is 11.0. The molecule has 0 radical (unpaired) electrons. The Labute approximate surface area is 112 Å². The fourth-order valence-electron chi connectivity index (χ4n) is 1.69. The van der Waals surface area contributed by atoms with Gasteiger partial charge in [0.05, 0.1) is 7.11 Å². The molecule has 1 aromatic carbocycles. The molecule has 1 unspecified atom stereocenters. The second-order valence-corrected chi connectivity index (χ2v) is 4.20. The Kier molecular flexibility index (Phi) is 4.12. The molecule has 0 aliphatic rings. The van der Waals surface area contributed by atoms with Crippen LogP contribution in [0.25, 0.3) is 0 Å². The van der Waals surface area contributed by atoms with Gasteiger partial charge in [-0.2, -0.15) is 15.0 Å². The van der Waals surface area contributed by atoms with Crippen molar-refractivity contribution in [3.8, 4) is 6.01 Å². The molecule has 0 amide bonds. The van der Waals surface area contributed by atoms with Crippen molar-refractivity contribution in [2.24, 2.45) is 0 Å². The highest BCUT2D eigenvalue weighted by Crippen LogP contribution is 2.15. The van der Waals surface area contributed by atoms with E-state index in [1.54, 1.807) is 0 Å². The highest BCUT2D eigenvalue weighted by atomic mass is 16.5. The first kappa shape index (κ1) is 13.1. The van der Waals surface area contributed by atoms with E-state index in [2.05, 4.69) is 39.3 Å². The molecule has 0 fully saturated rings. The second-order valence-electron chi connectivity index (χ2n) is 4.20. The fraction of sp³-hybridized carbons (Fsp3) is 0.308. The molecular weight excluding hydrogens is 242 g/mol. The van der Waals surface area contributed by atoms with E-state index in [1.807, 2.05) is 18.2 Å². The van der Waals surface area contributed by atoms with Crippen molar-refractivity contribution in [1.82, 2.24) is 15.0 Å². The maximum Gasteiger partial charge on any atom is 0.322 e. The van der Waals surface area contributed by atoms with Gasteiger partial charge < -0.3 is 15.8 Å². The molecule has 0 spiro atoms. The molecule has 2 rings (SSSR count). The Bertz CT molecular complexity index is 532. The first-order valence-electron chi connectivity index (χ1n) is 6.03. The van der Waals surface area contributed by atoms with Gasteiger partial charge in [-0.05, 0) is 11.5 Å². The second kappa shape index (κ2) is 5.99. The quantitative estimate of drug-likeness (QED) is 0.849. The molecule has 100 valence electrons. The number of aromatic nitrogens is 3. The van der Waals surface area contributed by atoms with E-state index in [-0.39, 0.29) is 12.0 Å². The summed E-state index contributed by atoms with van der Waals surface area (Å²) in [6.45, 7) is 2.83. The van der Waals surface area contributed by atoms with Crippen LogP contribution in [0.1, 0.15) is 18.4 Å². The first-order chi connectivity index (χ1) is 9.19. The van der Waals surface area contributed by atoms with Crippen molar-refractivity contribution < 1.29 is 4.74 Å². The summed E-state index contributed by atoms with van der Waals surface area (Å²) in [4.78, 5) is 11.9. The summed E-state index contributed by atoms with van der Waals surface area (Å²) in [5.41, 5.74) is 6.82. The number of benzene rings is 1. The van der Waals surface area contributed by atoms with E-state index in [0.717, 1.165) is 0 Å². The summed E-state index contributed by atoms with van der Waals surface area (Å²) in [6.07, 6.45) is 0. The highest BCUT2D eigenvalue weighted by Gasteiger charge is 2.08. The highest BCUT2D eigenvalue weighted by molar-refractivity contribution is 5.33. The fourth-order valence-corrected chi connectivity index (χ4v) is 1.69. The van der Waals surface area contributed by atoms with E-state index in [0.29, 0.717) is 18.4 Å². The number of hydrogen-bond donors (Lipinski definition) is 2. The molecule has 0 bridgehead atoms. The Morgan fingerprint density at radius 2 is 1.95 bits per heavy atom. The molecule has 2 aromatic rings. The van der Waals surface area contributed by atoms with Crippen LogP contribution in [-0.2, 0) is 0 Å². The van der Waals surface area contributed by atoms with Gasteiger partial charge in [0.2, 0.25) is 11.9 Å². The van der Waals surface area contributed by atoms with Crippen LogP contribution in [0.2, 0.25) is 0 Å². The number of rotatable bonds is 5. The molecule has 6 heteroatoms. The molecular formula is C13H17N5O. The minimum Gasteiger partial charge on any atom is -0.467 e. The summed E-state index contributed by atoms with van der Waals surface area (Å²) < 4.78 is 4.94. The van der Waals surface area contributed by atoms with E-state index in [4.69, 9.17) is 10.5 Å². The van der Waals surface area contributed by atoms with Crippen LogP contribution in [0.4, 0.5) is 11.9 Å². The van der Waals surface area contributed by atoms with Crippen LogP contribution in [-0.4, -0.2) is 28.6 Å². The normalized spacial score (nSPS) is 11.9. The van der Waals surface area contributed by atoms with Crippen molar-refractivity contribution in [3.05, 3.63) is 35.9 Å². The number of anilines is 2. The van der Waals surface area contributed by atoms with Gasteiger partial charge in [0, 0.05) is 6.54 Å². The molecule has 0 aliphatic carbocycles. The largest absolute Gasteiger partial charge is 0.467 e. The topological polar surface area (TPSA) is 86.0 Å². The number of hydrogen-bond acceptors (Lipinski definition) is 6. The third-order valence-electron chi connectivity index (χ3n) is 2.75. The molecule has 6 nitrogen and oxygen atoms in total. The van der Waals surface area contributed by atoms with Gasteiger partial charge in [-0.1, -0.05) is 37.3 Å².